The summed E-state index contributed by atoms with van der Waals surface area (Å²) in [5.41, 5.74) is 0.0690. The van der Waals surface area contributed by atoms with Gasteiger partial charge in [0, 0.05) is 24.4 Å². The van der Waals surface area contributed by atoms with E-state index in [1.807, 2.05) is 10.6 Å². The number of hydrogen-bond donors (Lipinski definition) is 4. The molecule has 38 heavy (non-hydrogen) atoms. The molecule has 0 aliphatic heterocycles. The number of hydrogen-bond acceptors (Lipinski definition) is 6. The number of halogens is 5. The quantitative estimate of drug-likeness (QED) is 0.175. The van der Waals surface area contributed by atoms with Gasteiger partial charge in [0.25, 0.3) is 0 Å². The number of H-pyrrole nitrogens is 1. The molecule has 0 bridgehead atoms. The average molecular weight is 539 g/mol. The highest BCUT2D eigenvalue weighted by molar-refractivity contribution is 6.39. The fourth-order valence-corrected chi connectivity index (χ4v) is 3.01. The van der Waals surface area contributed by atoms with Crippen LogP contribution in [0.15, 0.2) is 42.9 Å². The lowest BCUT2D eigenvalue weighted by molar-refractivity contribution is -0.137. The number of nitrogens with one attached hydrogen (secondary N) is 4. The second-order valence-corrected chi connectivity index (χ2v) is 7.57. The molecule has 3 aromatic rings. The van der Waals surface area contributed by atoms with Gasteiger partial charge < -0.3 is 25.7 Å². The molecule has 0 saturated carbocycles. The summed E-state index contributed by atoms with van der Waals surface area (Å²) in [6, 6.07) is 3.58. The average Bonchev–Trinajstić information content (AvgIpc) is 3.40. The minimum Gasteiger partial charge on any atom is -0.479 e. The van der Waals surface area contributed by atoms with Crippen LogP contribution in [0.1, 0.15) is 5.69 Å². The van der Waals surface area contributed by atoms with Gasteiger partial charge in [-0.05, 0) is 12.1 Å². The summed E-state index contributed by atoms with van der Waals surface area (Å²) in [4.78, 5) is 55.3. The number of anilines is 1. The van der Waals surface area contributed by atoms with Crippen LogP contribution in [0.4, 0.5) is 27.6 Å². The van der Waals surface area contributed by atoms with Gasteiger partial charge in [-0.15, -0.1) is 0 Å². The Bertz CT molecular complexity index is 1330. The SMILES string of the molecule is O=C(CNC(=O)C(=O)Nc1ccccc1F)N[C@@H](Cc1cnc[nH]1)C(=O)COc1c(F)c(F)cc(F)c1F. The van der Waals surface area contributed by atoms with Crippen molar-refractivity contribution in [3.05, 3.63) is 77.6 Å². The van der Waals surface area contributed by atoms with Gasteiger partial charge in [0.2, 0.25) is 17.5 Å². The Morgan fingerprint density at radius 1 is 0.947 bits per heavy atom. The molecule has 200 valence electrons. The van der Waals surface area contributed by atoms with Gasteiger partial charge in [0.05, 0.1) is 24.6 Å². The van der Waals surface area contributed by atoms with Crippen molar-refractivity contribution in [2.24, 2.45) is 0 Å². The third-order valence-corrected chi connectivity index (χ3v) is 4.87. The lowest BCUT2D eigenvalue weighted by Crippen LogP contribution is -2.49. The maximum Gasteiger partial charge on any atom is 0.313 e. The molecule has 0 aliphatic carbocycles. The molecule has 1 aromatic heterocycles. The van der Waals surface area contributed by atoms with E-state index in [1.165, 1.54) is 30.7 Å². The fourth-order valence-electron chi connectivity index (χ4n) is 3.01. The van der Waals surface area contributed by atoms with E-state index in [9.17, 15) is 41.1 Å². The lowest BCUT2D eigenvalue weighted by Gasteiger charge is -2.18. The molecule has 0 saturated heterocycles. The molecule has 4 N–H and O–H groups in total. The van der Waals surface area contributed by atoms with Crippen molar-refractivity contribution < 1.29 is 45.9 Å². The summed E-state index contributed by atoms with van der Waals surface area (Å²) >= 11 is 0. The van der Waals surface area contributed by atoms with Crippen LogP contribution in [-0.4, -0.2) is 52.7 Å². The van der Waals surface area contributed by atoms with Crippen LogP contribution < -0.4 is 20.7 Å². The molecule has 10 nitrogen and oxygen atoms in total. The number of aromatic amines is 1. The number of rotatable bonds is 10. The maximum absolute atomic E-state index is 13.8. The number of ketones is 1. The molecular weight excluding hydrogens is 521 g/mol. The Labute approximate surface area is 210 Å². The third kappa shape index (κ3) is 7.11. The van der Waals surface area contributed by atoms with Crippen LogP contribution in [0, 0.1) is 29.1 Å². The van der Waals surface area contributed by atoms with E-state index in [1.54, 1.807) is 0 Å². The monoisotopic (exact) mass is 539 g/mol. The van der Waals surface area contributed by atoms with Crippen LogP contribution in [0.3, 0.4) is 0 Å². The zero-order chi connectivity index (χ0) is 27.8. The van der Waals surface area contributed by atoms with Crippen LogP contribution in [0.5, 0.6) is 5.75 Å². The molecule has 0 fully saturated rings. The van der Waals surface area contributed by atoms with Crippen LogP contribution >= 0.6 is 0 Å². The Morgan fingerprint density at radius 2 is 1.63 bits per heavy atom. The van der Waals surface area contributed by atoms with E-state index in [2.05, 4.69) is 20.0 Å². The van der Waals surface area contributed by atoms with E-state index in [4.69, 9.17) is 0 Å². The second kappa shape index (κ2) is 12.4. The number of aromatic nitrogens is 2. The molecule has 2 aromatic carbocycles. The second-order valence-electron chi connectivity index (χ2n) is 7.57. The summed E-state index contributed by atoms with van der Waals surface area (Å²) < 4.78 is 72.7. The van der Waals surface area contributed by atoms with Crippen molar-refractivity contribution in [2.75, 3.05) is 18.5 Å². The van der Waals surface area contributed by atoms with Gasteiger partial charge in [0.1, 0.15) is 12.4 Å². The van der Waals surface area contributed by atoms with E-state index in [0.717, 1.165) is 6.07 Å². The Balaban J connectivity index is 1.61. The lowest BCUT2D eigenvalue weighted by atomic mass is 10.1. The molecule has 0 aliphatic rings. The predicted octanol–water partition coefficient (Wildman–Crippen LogP) is 1.54. The molecule has 15 heteroatoms. The summed E-state index contributed by atoms with van der Waals surface area (Å²) in [6.07, 6.45) is 2.35. The van der Waals surface area contributed by atoms with Crippen molar-refractivity contribution in [1.29, 1.82) is 0 Å². The van der Waals surface area contributed by atoms with E-state index in [-0.39, 0.29) is 18.2 Å². The van der Waals surface area contributed by atoms with Gasteiger partial charge >= 0.3 is 11.8 Å². The van der Waals surface area contributed by atoms with Crippen LogP contribution in [0.25, 0.3) is 0 Å². The van der Waals surface area contributed by atoms with Crippen LogP contribution in [0.2, 0.25) is 0 Å². The fraction of sp³-hybridized carbons (Fsp3) is 0.174. The van der Waals surface area contributed by atoms with Gasteiger partial charge in [-0.1, -0.05) is 12.1 Å². The maximum atomic E-state index is 13.8. The number of ether oxygens (including phenoxy) is 1. The largest absolute Gasteiger partial charge is 0.479 e. The first kappa shape index (κ1) is 27.8. The zero-order valence-electron chi connectivity index (χ0n) is 19.1. The number of Topliss-reactive ketones (excluding diaryl/α,β-unsaturated/α-hetero) is 1. The van der Waals surface area contributed by atoms with Crippen molar-refractivity contribution in [1.82, 2.24) is 20.6 Å². The van der Waals surface area contributed by atoms with Gasteiger partial charge in [-0.2, -0.15) is 8.78 Å². The highest BCUT2D eigenvalue weighted by Gasteiger charge is 2.26. The Morgan fingerprint density at radius 3 is 2.26 bits per heavy atom. The highest BCUT2D eigenvalue weighted by Crippen LogP contribution is 2.26. The number of carbonyl (C=O) groups is 4. The van der Waals surface area contributed by atoms with Gasteiger partial charge in [-0.25, -0.2) is 18.2 Å². The summed E-state index contributed by atoms with van der Waals surface area (Å²) in [7, 11) is 0. The summed E-state index contributed by atoms with van der Waals surface area (Å²) in [5, 5.41) is 6.24. The van der Waals surface area contributed by atoms with Crippen molar-refractivity contribution in [3.63, 3.8) is 0 Å². The van der Waals surface area contributed by atoms with E-state index in [0.29, 0.717) is 5.69 Å². The van der Waals surface area contributed by atoms with Crippen LogP contribution in [-0.2, 0) is 25.6 Å². The van der Waals surface area contributed by atoms with Crippen molar-refractivity contribution in [2.45, 2.75) is 12.5 Å². The number of imidazole rings is 1. The molecule has 0 spiro atoms. The molecule has 0 unspecified atom stereocenters. The molecule has 1 heterocycles. The smallest absolute Gasteiger partial charge is 0.313 e. The number of benzene rings is 2. The molecule has 3 amide bonds. The third-order valence-electron chi connectivity index (χ3n) is 4.87. The normalized spacial score (nSPS) is 11.4. The number of carbonyl (C=O) groups excluding carboxylic acids is 4. The summed E-state index contributed by atoms with van der Waals surface area (Å²) in [5.74, 6) is -14.0. The van der Waals surface area contributed by atoms with E-state index < -0.39 is 77.5 Å². The molecular formula is C23H18F5N5O5. The Hall–Kier alpha value is -4.82. The topological polar surface area (TPSA) is 142 Å². The first-order valence-corrected chi connectivity index (χ1v) is 10.7. The van der Waals surface area contributed by atoms with Gasteiger partial charge in [0.15, 0.2) is 23.2 Å². The molecule has 3 rings (SSSR count). The standard InChI is InChI=1S/C23H18F5N5O5/c24-12-3-1-2-4-15(12)33-23(37)22(36)30-8-18(35)32-16(5-11-7-29-10-31-11)17(34)9-38-21-19(27)13(25)6-14(26)20(21)28/h1-4,6-7,10,16H,5,8-9H2,(H,29,31)(H,30,36)(H,32,35)(H,33,37)/t16-/m0/s1. The van der Waals surface area contributed by atoms with Gasteiger partial charge in [-0.3, -0.25) is 19.2 Å². The van der Waals surface area contributed by atoms with Crippen molar-refractivity contribution in [3.8, 4) is 5.75 Å². The Kier molecular flexibility index (Phi) is 9.08. The van der Waals surface area contributed by atoms with E-state index >= 15 is 0 Å². The predicted molar refractivity (Wildman–Crippen MR) is 119 cm³/mol. The number of para-hydroxylation sites is 1. The minimum atomic E-state index is -1.86. The van der Waals surface area contributed by atoms with Crippen molar-refractivity contribution >= 4 is 29.2 Å². The molecule has 1 atom stereocenters. The first-order valence-electron chi connectivity index (χ1n) is 10.7. The highest BCUT2D eigenvalue weighted by atomic mass is 19.2. The number of amides is 3. The minimum absolute atomic E-state index is 0.0362. The summed E-state index contributed by atoms with van der Waals surface area (Å²) in [6.45, 7) is -1.90. The zero-order valence-corrected chi connectivity index (χ0v) is 19.1. The molecule has 0 radical (unpaired) electrons. The first-order chi connectivity index (χ1) is 18.1. The number of nitrogens with zero attached hydrogens (tertiary/aromatic N) is 1.